The lowest BCUT2D eigenvalue weighted by molar-refractivity contribution is -0.122. The van der Waals surface area contributed by atoms with Crippen molar-refractivity contribution in [2.75, 3.05) is 6.54 Å². The Labute approximate surface area is 126 Å². The van der Waals surface area contributed by atoms with Crippen molar-refractivity contribution in [2.24, 2.45) is 0 Å². The molecule has 1 aromatic heterocycles. The van der Waals surface area contributed by atoms with Crippen LogP contribution in [0.4, 0.5) is 0 Å². The van der Waals surface area contributed by atoms with Crippen LogP contribution in [0.2, 0.25) is 5.02 Å². The third kappa shape index (κ3) is 3.03. The van der Waals surface area contributed by atoms with E-state index in [-0.39, 0.29) is 17.6 Å². The summed E-state index contributed by atoms with van der Waals surface area (Å²) in [6.07, 6.45) is 2.48. The Bertz CT molecular complexity index is 695. The molecular formula is C15H15ClN2O3. The molecule has 1 saturated heterocycles. The Hall–Kier alpha value is -2.01. The van der Waals surface area contributed by atoms with Gasteiger partial charge in [0.2, 0.25) is 5.91 Å². The molecule has 21 heavy (non-hydrogen) atoms. The van der Waals surface area contributed by atoms with Gasteiger partial charge in [0.1, 0.15) is 11.6 Å². The fourth-order valence-corrected chi connectivity index (χ4v) is 2.61. The van der Waals surface area contributed by atoms with Crippen molar-refractivity contribution in [3.05, 3.63) is 35.0 Å². The summed E-state index contributed by atoms with van der Waals surface area (Å²) in [5.41, 5.74) is 0.592. The van der Waals surface area contributed by atoms with E-state index in [1.807, 2.05) is 0 Å². The molecule has 0 aliphatic carbocycles. The summed E-state index contributed by atoms with van der Waals surface area (Å²) in [5, 5.41) is 6.85. The van der Waals surface area contributed by atoms with E-state index in [1.165, 1.54) is 0 Å². The lowest BCUT2D eigenvalue weighted by Crippen LogP contribution is -2.45. The van der Waals surface area contributed by atoms with E-state index in [0.29, 0.717) is 23.6 Å². The molecule has 1 unspecified atom stereocenters. The van der Waals surface area contributed by atoms with Crippen molar-refractivity contribution in [3.8, 4) is 0 Å². The van der Waals surface area contributed by atoms with E-state index in [9.17, 15) is 9.59 Å². The zero-order chi connectivity index (χ0) is 14.8. The SMILES string of the molecule is O=C(NC1CCCCNC1=O)c1cc2cc(Cl)ccc2o1. The van der Waals surface area contributed by atoms with Gasteiger partial charge in [-0.3, -0.25) is 9.59 Å². The highest BCUT2D eigenvalue weighted by molar-refractivity contribution is 6.31. The van der Waals surface area contributed by atoms with Gasteiger partial charge in [-0.25, -0.2) is 0 Å². The summed E-state index contributed by atoms with van der Waals surface area (Å²) in [5.74, 6) is -0.339. The fourth-order valence-electron chi connectivity index (χ4n) is 2.43. The first-order valence-electron chi connectivity index (χ1n) is 6.91. The van der Waals surface area contributed by atoms with Gasteiger partial charge >= 0.3 is 0 Å². The van der Waals surface area contributed by atoms with Crippen molar-refractivity contribution >= 4 is 34.4 Å². The van der Waals surface area contributed by atoms with Crippen molar-refractivity contribution < 1.29 is 14.0 Å². The van der Waals surface area contributed by atoms with Gasteiger partial charge in [0, 0.05) is 17.0 Å². The second kappa shape index (κ2) is 5.77. The number of nitrogens with one attached hydrogen (secondary N) is 2. The Balaban J connectivity index is 1.78. The minimum absolute atomic E-state index is 0.139. The van der Waals surface area contributed by atoms with Crippen LogP contribution in [0.5, 0.6) is 0 Å². The summed E-state index contributed by atoms with van der Waals surface area (Å²) in [7, 11) is 0. The number of hydrogen-bond acceptors (Lipinski definition) is 3. The molecule has 0 bridgehead atoms. The maximum Gasteiger partial charge on any atom is 0.287 e. The average molecular weight is 307 g/mol. The normalized spacial score (nSPS) is 19.1. The summed E-state index contributed by atoms with van der Waals surface area (Å²) < 4.78 is 5.49. The van der Waals surface area contributed by atoms with Gasteiger partial charge < -0.3 is 15.1 Å². The first kappa shape index (κ1) is 13.9. The number of amides is 2. The van der Waals surface area contributed by atoms with Crippen molar-refractivity contribution in [1.29, 1.82) is 0 Å². The monoisotopic (exact) mass is 306 g/mol. The van der Waals surface area contributed by atoms with E-state index in [2.05, 4.69) is 10.6 Å². The van der Waals surface area contributed by atoms with E-state index in [4.69, 9.17) is 16.0 Å². The Kier molecular flexibility index (Phi) is 3.84. The summed E-state index contributed by atoms with van der Waals surface area (Å²) in [4.78, 5) is 24.0. The van der Waals surface area contributed by atoms with Crippen LogP contribution in [0.25, 0.3) is 11.0 Å². The first-order valence-corrected chi connectivity index (χ1v) is 7.29. The van der Waals surface area contributed by atoms with E-state index in [1.54, 1.807) is 24.3 Å². The molecule has 1 aliphatic rings. The van der Waals surface area contributed by atoms with Crippen LogP contribution in [0, 0.1) is 0 Å². The highest BCUT2D eigenvalue weighted by Crippen LogP contribution is 2.23. The van der Waals surface area contributed by atoms with Crippen LogP contribution in [0.1, 0.15) is 29.8 Å². The number of benzene rings is 1. The number of carbonyl (C=O) groups is 2. The molecule has 2 heterocycles. The average Bonchev–Trinajstić information content (AvgIpc) is 2.78. The second-order valence-electron chi connectivity index (χ2n) is 5.11. The van der Waals surface area contributed by atoms with Gasteiger partial charge in [0.05, 0.1) is 0 Å². The highest BCUT2D eigenvalue weighted by atomic mass is 35.5. The molecule has 2 aromatic rings. The van der Waals surface area contributed by atoms with Crippen LogP contribution >= 0.6 is 11.6 Å². The number of fused-ring (bicyclic) bond motifs is 1. The number of carbonyl (C=O) groups excluding carboxylic acids is 2. The van der Waals surface area contributed by atoms with E-state index < -0.39 is 6.04 Å². The number of rotatable bonds is 2. The zero-order valence-corrected chi connectivity index (χ0v) is 12.1. The van der Waals surface area contributed by atoms with Crippen molar-refractivity contribution in [1.82, 2.24) is 10.6 Å². The number of halogens is 1. The number of furan rings is 1. The second-order valence-corrected chi connectivity index (χ2v) is 5.54. The van der Waals surface area contributed by atoms with Crippen LogP contribution in [0.15, 0.2) is 28.7 Å². The standard InChI is InChI=1S/C15H15ClN2O3/c16-10-4-5-12-9(7-10)8-13(21-12)15(20)18-11-3-1-2-6-17-14(11)19/h4-5,7-8,11H,1-3,6H2,(H,17,19)(H,18,20). The molecule has 3 rings (SSSR count). The molecule has 1 fully saturated rings. The van der Waals surface area contributed by atoms with Gasteiger partial charge in [0.15, 0.2) is 5.76 Å². The van der Waals surface area contributed by atoms with Gasteiger partial charge in [-0.1, -0.05) is 11.6 Å². The molecule has 1 aromatic carbocycles. The number of hydrogen-bond donors (Lipinski definition) is 2. The van der Waals surface area contributed by atoms with Crippen LogP contribution in [-0.4, -0.2) is 24.4 Å². The zero-order valence-electron chi connectivity index (χ0n) is 11.3. The van der Waals surface area contributed by atoms with Gasteiger partial charge in [-0.05, 0) is 43.5 Å². The molecule has 2 amide bonds. The predicted octanol–water partition coefficient (Wildman–Crippen LogP) is 2.48. The third-order valence-corrected chi connectivity index (χ3v) is 3.78. The summed E-state index contributed by atoms with van der Waals surface area (Å²) in [6, 6.07) is 6.28. The Morgan fingerprint density at radius 2 is 2.19 bits per heavy atom. The summed E-state index contributed by atoms with van der Waals surface area (Å²) >= 11 is 5.91. The van der Waals surface area contributed by atoms with Crippen LogP contribution in [0.3, 0.4) is 0 Å². The van der Waals surface area contributed by atoms with Crippen molar-refractivity contribution in [2.45, 2.75) is 25.3 Å². The molecule has 6 heteroatoms. The van der Waals surface area contributed by atoms with E-state index >= 15 is 0 Å². The molecule has 0 saturated carbocycles. The Morgan fingerprint density at radius 3 is 3.05 bits per heavy atom. The van der Waals surface area contributed by atoms with Crippen molar-refractivity contribution in [3.63, 3.8) is 0 Å². The maximum atomic E-state index is 12.2. The van der Waals surface area contributed by atoms with Gasteiger partial charge in [-0.2, -0.15) is 0 Å². The van der Waals surface area contributed by atoms with Gasteiger partial charge in [-0.15, -0.1) is 0 Å². The molecule has 1 atom stereocenters. The third-order valence-electron chi connectivity index (χ3n) is 3.54. The predicted molar refractivity (Wildman–Crippen MR) is 79.3 cm³/mol. The lowest BCUT2D eigenvalue weighted by atomic mass is 10.1. The lowest BCUT2D eigenvalue weighted by Gasteiger charge is -2.13. The fraction of sp³-hybridized carbons (Fsp3) is 0.333. The summed E-state index contributed by atoms with van der Waals surface area (Å²) in [6.45, 7) is 0.661. The molecule has 1 aliphatic heterocycles. The minimum Gasteiger partial charge on any atom is -0.451 e. The van der Waals surface area contributed by atoms with Crippen LogP contribution in [-0.2, 0) is 4.79 Å². The molecular weight excluding hydrogens is 292 g/mol. The van der Waals surface area contributed by atoms with Crippen LogP contribution < -0.4 is 10.6 Å². The molecule has 0 spiro atoms. The first-order chi connectivity index (χ1) is 10.1. The largest absolute Gasteiger partial charge is 0.451 e. The minimum atomic E-state index is -0.503. The molecule has 110 valence electrons. The molecule has 5 nitrogen and oxygen atoms in total. The Morgan fingerprint density at radius 1 is 1.33 bits per heavy atom. The highest BCUT2D eigenvalue weighted by Gasteiger charge is 2.24. The molecule has 0 radical (unpaired) electrons. The maximum absolute atomic E-state index is 12.2. The quantitative estimate of drug-likeness (QED) is 0.895. The smallest absolute Gasteiger partial charge is 0.287 e. The van der Waals surface area contributed by atoms with Gasteiger partial charge in [0.25, 0.3) is 5.91 Å². The molecule has 2 N–H and O–H groups in total. The van der Waals surface area contributed by atoms with E-state index in [0.717, 1.165) is 18.2 Å². The topological polar surface area (TPSA) is 71.3 Å².